The second-order valence-corrected chi connectivity index (χ2v) is 2.15. The molecule has 0 spiro atoms. The quantitative estimate of drug-likeness (QED) is 0.336. The molecule has 4 heteroatoms. The lowest BCUT2D eigenvalue weighted by molar-refractivity contribution is -0.00713. The second kappa shape index (κ2) is 4.24. The molecular weight excluding hydrogens is 134 g/mol. The molecule has 0 bridgehead atoms. The smallest absolute Gasteiger partial charge is 0.335 e. The Bertz CT molecular complexity index is 101. The summed E-state index contributed by atoms with van der Waals surface area (Å²) in [7, 11) is 0. The molecule has 1 rings (SSSR count). The molecule has 1 radical (unpaired) electrons. The van der Waals surface area contributed by atoms with Crippen molar-refractivity contribution in [3.05, 3.63) is 0 Å². The van der Waals surface area contributed by atoms with Crippen LogP contribution < -0.4 is 5.48 Å². The number of ether oxygens (including phenoxy) is 1. The van der Waals surface area contributed by atoms with Gasteiger partial charge < -0.3 is 4.74 Å². The van der Waals surface area contributed by atoms with E-state index in [1.54, 1.807) is 0 Å². The Hall–Kier alpha value is -0.610. The minimum absolute atomic E-state index is 0.154. The predicted octanol–water partition coefficient (Wildman–Crippen LogP) is -0.246. The van der Waals surface area contributed by atoms with Gasteiger partial charge in [-0.15, -0.1) is 0 Å². The van der Waals surface area contributed by atoms with Gasteiger partial charge in [0, 0.05) is 6.61 Å². The number of hydrogen-bond donors (Lipinski definition) is 1. The molecule has 1 aliphatic heterocycles. The van der Waals surface area contributed by atoms with Gasteiger partial charge in [-0.25, -0.2) is 5.48 Å². The van der Waals surface area contributed by atoms with Crippen molar-refractivity contribution in [2.75, 3.05) is 13.2 Å². The van der Waals surface area contributed by atoms with E-state index in [1.807, 2.05) is 5.48 Å². The average Bonchev–Trinajstić information content (AvgIpc) is 2.41. The molecule has 1 unspecified atom stereocenters. The number of hydrogen-bond acceptors (Lipinski definition) is 3. The van der Waals surface area contributed by atoms with E-state index in [0.29, 0.717) is 6.61 Å². The van der Waals surface area contributed by atoms with Gasteiger partial charge in [0.2, 0.25) is 0 Å². The number of carbonyl (C=O) groups excluding carboxylic acids is 1. The summed E-state index contributed by atoms with van der Waals surface area (Å²) >= 11 is 0. The lowest BCUT2D eigenvalue weighted by Crippen LogP contribution is -2.21. The maximum Gasteiger partial charge on any atom is 0.335 e. The molecule has 1 heterocycles. The van der Waals surface area contributed by atoms with Crippen LogP contribution in [-0.2, 0) is 14.4 Å². The Labute approximate surface area is 59.5 Å². The van der Waals surface area contributed by atoms with Gasteiger partial charge in [0.25, 0.3) is 0 Å². The third-order valence-corrected chi connectivity index (χ3v) is 1.41. The van der Waals surface area contributed by atoms with Gasteiger partial charge in [-0.2, -0.15) is 0 Å². The Morgan fingerprint density at radius 1 is 1.80 bits per heavy atom. The predicted molar refractivity (Wildman–Crippen MR) is 33.8 cm³/mol. The summed E-state index contributed by atoms with van der Waals surface area (Å²) in [6, 6.07) is 0. The van der Waals surface area contributed by atoms with Gasteiger partial charge in [-0.3, -0.25) is 9.63 Å². The lowest BCUT2D eigenvalue weighted by Gasteiger charge is -2.06. The highest BCUT2D eigenvalue weighted by Crippen LogP contribution is 2.10. The number of amides is 1. The normalized spacial score (nSPS) is 24.6. The van der Waals surface area contributed by atoms with Crippen LogP contribution in [0.5, 0.6) is 0 Å². The zero-order chi connectivity index (χ0) is 7.23. The van der Waals surface area contributed by atoms with Gasteiger partial charge in [-0.1, -0.05) is 0 Å². The van der Waals surface area contributed by atoms with Crippen LogP contribution in [0.3, 0.4) is 0 Å². The van der Waals surface area contributed by atoms with E-state index >= 15 is 0 Å². The summed E-state index contributed by atoms with van der Waals surface area (Å²) in [6.07, 6.45) is 3.66. The van der Waals surface area contributed by atoms with Crippen LogP contribution in [0.25, 0.3) is 0 Å². The molecule has 57 valence electrons. The minimum atomic E-state index is 0.154. The maximum absolute atomic E-state index is 9.58. The van der Waals surface area contributed by atoms with E-state index in [0.717, 1.165) is 19.4 Å². The first-order valence-corrected chi connectivity index (χ1v) is 3.29. The van der Waals surface area contributed by atoms with Crippen molar-refractivity contribution in [3.8, 4) is 0 Å². The molecule has 4 nitrogen and oxygen atoms in total. The molecule has 1 saturated heterocycles. The fourth-order valence-corrected chi connectivity index (χ4v) is 0.940. The zero-order valence-electron chi connectivity index (χ0n) is 5.63. The summed E-state index contributed by atoms with van der Waals surface area (Å²) < 4.78 is 5.20. The van der Waals surface area contributed by atoms with E-state index < -0.39 is 0 Å². The fourth-order valence-electron chi connectivity index (χ4n) is 0.940. The topological polar surface area (TPSA) is 47.6 Å². The summed E-state index contributed by atoms with van der Waals surface area (Å²) in [5.74, 6) is 0. The number of rotatable bonds is 4. The van der Waals surface area contributed by atoms with Crippen molar-refractivity contribution < 1.29 is 14.4 Å². The van der Waals surface area contributed by atoms with Gasteiger partial charge >= 0.3 is 6.41 Å². The molecule has 10 heavy (non-hydrogen) atoms. The van der Waals surface area contributed by atoms with Crippen molar-refractivity contribution in [2.24, 2.45) is 0 Å². The summed E-state index contributed by atoms with van der Waals surface area (Å²) in [5.41, 5.74) is 1.99. The van der Waals surface area contributed by atoms with E-state index in [2.05, 4.69) is 4.84 Å². The molecule has 1 atom stereocenters. The van der Waals surface area contributed by atoms with Crippen molar-refractivity contribution in [1.82, 2.24) is 5.48 Å². The Kier molecular flexibility index (Phi) is 3.18. The number of nitrogens with one attached hydrogen (secondary N) is 1. The monoisotopic (exact) mass is 144 g/mol. The highest BCUT2D eigenvalue weighted by Gasteiger charge is 2.14. The highest BCUT2D eigenvalue weighted by atomic mass is 16.7. The van der Waals surface area contributed by atoms with Crippen LogP contribution in [0.1, 0.15) is 12.8 Å². The standard InChI is InChI=1S/C6H10NO3/c8-5-7-10-4-6-2-1-3-9-6/h6H,1-4H2,(H,7,8). The summed E-state index contributed by atoms with van der Waals surface area (Å²) in [4.78, 5) is 14.2. The second-order valence-electron chi connectivity index (χ2n) is 2.15. The number of hydroxylamine groups is 1. The Morgan fingerprint density at radius 3 is 3.30 bits per heavy atom. The molecule has 0 aromatic heterocycles. The van der Waals surface area contributed by atoms with Crippen LogP contribution in [-0.4, -0.2) is 25.7 Å². The molecule has 0 aliphatic carbocycles. The molecule has 1 amide bonds. The van der Waals surface area contributed by atoms with Gasteiger partial charge in [-0.05, 0) is 12.8 Å². The molecular formula is C6H10NO3. The lowest BCUT2D eigenvalue weighted by atomic mass is 10.2. The maximum atomic E-state index is 9.58. The molecule has 1 N–H and O–H groups in total. The van der Waals surface area contributed by atoms with Crippen LogP contribution >= 0.6 is 0 Å². The SMILES string of the molecule is O=[C]NOCC1CCCO1. The zero-order valence-corrected chi connectivity index (χ0v) is 5.63. The van der Waals surface area contributed by atoms with Crippen LogP contribution in [0.4, 0.5) is 0 Å². The van der Waals surface area contributed by atoms with E-state index in [9.17, 15) is 4.79 Å². The van der Waals surface area contributed by atoms with Gasteiger partial charge in [0.15, 0.2) is 0 Å². The fraction of sp³-hybridized carbons (Fsp3) is 0.833. The molecule has 0 aromatic carbocycles. The molecule has 1 aliphatic rings. The Morgan fingerprint density at radius 2 is 2.70 bits per heavy atom. The van der Waals surface area contributed by atoms with Gasteiger partial charge in [0.05, 0.1) is 6.10 Å². The first-order chi connectivity index (χ1) is 4.93. The van der Waals surface area contributed by atoms with E-state index in [1.165, 1.54) is 6.41 Å². The summed E-state index contributed by atoms with van der Waals surface area (Å²) in [6.45, 7) is 1.23. The third kappa shape index (κ3) is 2.33. The Balaban J connectivity index is 1.96. The van der Waals surface area contributed by atoms with Crippen molar-refractivity contribution in [1.29, 1.82) is 0 Å². The summed E-state index contributed by atoms with van der Waals surface area (Å²) in [5, 5.41) is 0. The van der Waals surface area contributed by atoms with Crippen LogP contribution in [0.15, 0.2) is 0 Å². The van der Waals surface area contributed by atoms with Crippen LogP contribution in [0.2, 0.25) is 0 Å². The third-order valence-electron chi connectivity index (χ3n) is 1.41. The first-order valence-electron chi connectivity index (χ1n) is 3.29. The molecule has 0 saturated carbocycles. The van der Waals surface area contributed by atoms with Crippen molar-refractivity contribution in [3.63, 3.8) is 0 Å². The minimum Gasteiger partial charge on any atom is -0.376 e. The van der Waals surface area contributed by atoms with Gasteiger partial charge in [0.1, 0.15) is 6.61 Å². The van der Waals surface area contributed by atoms with E-state index in [4.69, 9.17) is 4.74 Å². The first kappa shape index (κ1) is 7.50. The van der Waals surface area contributed by atoms with Crippen LogP contribution in [0, 0.1) is 0 Å². The molecule has 1 fully saturated rings. The van der Waals surface area contributed by atoms with Crippen molar-refractivity contribution >= 4 is 6.41 Å². The molecule has 0 aromatic rings. The van der Waals surface area contributed by atoms with Crippen molar-refractivity contribution in [2.45, 2.75) is 18.9 Å². The largest absolute Gasteiger partial charge is 0.376 e. The van der Waals surface area contributed by atoms with E-state index in [-0.39, 0.29) is 6.10 Å². The highest BCUT2D eigenvalue weighted by molar-refractivity contribution is 5.44. The average molecular weight is 144 g/mol.